The lowest BCUT2D eigenvalue weighted by Crippen LogP contribution is -2.39. The van der Waals surface area contributed by atoms with Gasteiger partial charge in [0, 0.05) is 16.1 Å². The van der Waals surface area contributed by atoms with Gasteiger partial charge in [-0.2, -0.15) is 0 Å². The Morgan fingerprint density at radius 3 is 2.67 bits per heavy atom. The van der Waals surface area contributed by atoms with E-state index in [2.05, 4.69) is 10.6 Å². The minimum absolute atomic E-state index is 0.0227. The first kappa shape index (κ1) is 15.4. The van der Waals surface area contributed by atoms with E-state index in [4.69, 9.17) is 0 Å². The van der Waals surface area contributed by atoms with Gasteiger partial charge in [-0.3, -0.25) is 9.59 Å². The SMILES string of the molecule is Cc1c(C(=O)NCC(=O)NC(C)C)sc2cccc(F)c12. The highest BCUT2D eigenvalue weighted by atomic mass is 32.1. The van der Waals surface area contributed by atoms with Crippen LogP contribution in [0.4, 0.5) is 4.39 Å². The lowest BCUT2D eigenvalue weighted by molar-refractivity contribution is -0.120. The van der Waals surface area contributed by atoms with Crippen molar-refractivity contribution in [3.8, 4) is 0 Å². The monoisotopic (exact) mass is 308 g/mol. The second-order valence-electron chi connectivity index (χ2n) is 5.07. The molecule has 1 heterocycles. The molecule has 2 aromatic rings. The quantitative estimate of drug-likeness (QED) is 0.912. The Morgan fingerprint density at radius 1 is 1.33 bits per heavy atom. The first-order valence-electron chi connectivity index (χ1n) is 6.65. The fraction of sp³-hybridized carbons (Fsp3) is 0.333. The Hall–Kier alpha value is -1.95. The van der Waals surface area contributed by atoms with Crippen LogP contribution in [0.5, 0.6) is 0 Å². The van der Waals surface area contributed by atoms with Crippen molar-refractivity contribution in [2.24, 2.45) is 0 Å². The van der Waals surface area contributed by atoms with Crippen molar-refractivity contribution < 1.29 is 14.0 Å². The van der Waals surface area contributed by atoms with Gasteiger partial charge in [0.1, 0.15) is 5.82 Å². The predicted octanol–water partition coefficient (Wildman–Crippen LogP) is 2.60. The molecule has 0 aliphatic rings. The van der Waals surface area contributed by atoms with E-state index in [0.717, 1.165) is 4.70 Å². The van der Waals surface area contributed by atoms with Crippen molar-refractivity contribution in [2.75, 3.05) is 6.54 Å². The maximum atomic E-state index is 13.8. The predicted molar refractivity (Wildman–Crippen MR) is 82.1 cm³/mol. The summed E-state index contributed by atoms with van der Waals surface area (Å²) in [6.45, 7) is 5.31. The summed E-state index contributed by atoms with van der Waals surface area (Å²) in [6, 6.07) is 4.79. The molecule has 0 saturated carbocycles. The third-order valence-corrected chi connectivity index (χ3v) is 4.22. The molecule has 0 atom stereocenters. The van der Waals surface area contributed by atoms with Crippen LogP contribution in [-0.4, -0.2) is 24.4 Å². The van der Waals surface area contributed by atoms with E-state index in [1.54, 1.807) is 19.1 Å². The Bertz CT molecular complexity index is 694. The van der Waals surface area contributed by atoms with Crippen LogP contribution in [-0.2, 0) is 4.79 Å². The molecule has 0 radical (unpaired) electrons. The number of rotatable bonds is 4. The first-order chi connectivity index (χ1) is 9.90. The number of thiophene rings is 1. The van der Waals surface area contributed by atoms with E-state index in [1.807, 2.05) is 13.8 Å². The van der Waals surface area contributed by atoms with E-state index >= 15 is 0 Å². The molecule has 2 amide bonds. The van der Waals surface area contributed by atoms with Gasteiger partial charge in [0.2, 0.25) is 5.91 Å². The summed E-state index contributed by atoms with van der Waals surface area (Å²) in [7, 11) is 0. The van der Waals surface area contributed by atoms with Crippen LogP contribution in [0.25, 0.3) is 10.1 Å². The van der Waals surface area contributed by atoms with Crippen LogP contribution in [0.2, 0.25) is 0 Å². The molecule has 1 aromatic heterocycles. The standard InChI is InChI=1S/C15H17FN2O2S/c1-8(2)18-12(19)7-17-15(20)14-9(3)13-10(16)5-4-6-11(13)21-14/h4-6,8H,7H2,1-3H3,(H,17,20)(H,18,19). The topological polar surface area (TPSA) is 58.2 Å². The lowest BCUT2D eigenvalue weighted by Gasteiger charge is -2.09. The number of nitrogens with one attached hydrogen (secondary N) is 2. The smallest absolute Gasteiger partial charge is 0.262 e. The normalized spacial score (nSPS) is 10.9. The fourth-order valence-corrected chi connectivity index (χ4v) is 3.22. The molecule has 6 heteroatoms. The molecule has 21 heavy (non-hydrogen) atoms. The molecule has 4 nitrogen and oxygen atoms in total. The maximum Gasteiger partial charge on any atom is 0.262 e. The number of benzene rings is 1. The molecule has 0 fully saturated rings. The second kappa shape index (κ2) is 6.22. The molecule has 112 valence electrons. The number of carbonyl (C=O) groups excluding carboxylic acids is 2. The summed E-state index contributed by atoms with van der Waals surface area (Å²) in [5.74, 6) is -0.937. The van der Waals surface area contributed by atoms with Crippen molar-refractivity contribution in [2.45, 2.75) is 26.8 Å². The van der Waals surface area contributed by atoms with Gasteiger partial charge >= 0.3 is 0 Å². The van der Waals surface area contributed by atoms with Crippen molar-refractivity contribution in [1.82, 2.24) is 10.6 Å². The molecule has 0 saturated heterocycles. The number of hydrogen-bond acceptors (Lipinski definition) is 3. The molecule has 0 bridgehead atoms. The van der Waals surface area contributed by atoms with E-state index in [-0.39, 0.29) is 30.2 Å². The Morgan fingerprint density at radius 2 is 2.05 bits per heavy atom. The van der Waals surface area contributed by atoms with Gasteiger partial charge in [0.25, 0.3) is 5.91 Å². The van der Waals surface area contributed by atoms with Gasteiger partial charge in [0.05, 0.1) is 11.4 Å². The van der Waals surface area contributed by atoms with Gasteiger partial charge in [0.15, 0.2) is 0 Å². The molecule has 2 rings (SSSR count). The number of aryl methyl sites for hydroxylation is 1. The summed E-state index contributed by atoms with van der Waals surface area (Å²) < 4.78 is 14.5. The van der Waals surface area contributed by atoms with Gasteiger partial charge in [-0.25, -0.2) is 4.39 Å². The summed E-state index contributed by atoms with van der Waals surface area (Å²) in [4.78, 5) is 24.1. The molecule has 0 unspecified atom stereocenters. The van der Waals surface area contributed by atoms with Gasteiger partial charge in [-0.05, 0) is 38.5 Å². The summed E-state index contributed by atoms with van der Waals surface area (Å²) in [5.41, 5.74) is 0.606. The maximum absolute atomic E-state index is 13.8. The van der Waals surface area contributed by atoms with Crippen molar-refractivity contribution in [3.05, 3.63) is 34.5 Å². The summed E-state index contributed by atoms with van der Waals surface area (Å²) in [5, 5.41) is 5.72. The van der Waals surface area contributed by atoms with Gasteiger partial charge < -0.3 is 10.6 Å². The van der Waals surface area contributed by atoms with Crippen molar-refractivity contribution in [1.29, 1.82) is 0 Å². The van der Waals surface area contributed by atoms with E-state index in [9.17, 15) is 14.0 Å². The Balaban J connectivity index is 2.15. The molecular formula is C15H17FN2O2S. The summed E-state index contributed by atoms with van der Waals surface area (Å²) >= 11 is 1.23. The van der Waals surface area contributed by atoms with Crippen LogP contribution in [0.1, 0.15) is 29.1 Å². The zero-order valence-electron chi connectivity index (χ0n) is 12.1. The largest absolute Gasteiger partial charge is 0.352 e. The van der Waals surface area contributed by atoms with Crippen LogP contribution in [0.3, 0.4) is 0 Å². The highest BCUT2D eigenvalue weighted by Crippen LogP contribution is 2.32. The molecular weight excluding hydrogens is 291 g/mol. The number of carbonyl (C=O) groups is 2. The van der Waals surface area contributed by atoms with Gasteiger partial charge in [-0.1, -0.05) is 6.07 Å². The van der Waals surface area contributed by atoms with E-state index < -0.39 is 0 Å². The van der Waals surface area contributed by atoms with Crippen LogP contribution >= 0.6 is 11.3 Å². The minimum atomic E-state index is -0.355. The molecule has 1 aromatic carbocycles. The zero-order chi connectivity index (χ0) is 15.6. The van der Waals surface area contributed by atoms with Gasteiger partial charge in [-0.15, -0.1) is 11.3 Å². The number of halogens is 1. The molecule has 0 aliphatic carbocycles. The average molecular weight is 308 g/mol. The number of fused-ring (bicyclic) bond motifs is 1. The van der Waals surface area contributed by atoms with Crippen molar-refractivity contribution >= 4 is 33.2 Å². The number of amides is 2. The molecule has 2 N–H and O–H groups in total. The highest BCUT2D eigenvalue weighted by molar-refractivity contribution is 7.21. The third-order valence-electron chi connectivity index (χ3n) is 2.97. The number of hydrogen-bond donors (Lipinski definition) is 2. The Kier molecular flexibility index (Phi) is 4.57. The fourth-order valence-electron chi connectivity index (χ4n) is 2.08. The lowest BCUT2D eigenvalue weighted by atomic mass is 10.1. The average Bonchev–Trinajstić information content (AvgIpc) is 2.74. The molecule has 0 spiro atoms. The van der Waals surface area contributed by atoms with Crippen LogP contribution < -0.4 is 10.6 Å². The van der Waals surface area contributed by atoms with E-state index in [0.29, 0.717) is 15.8 Å². The summed E-state index contributed by atoms with van der Waals surface area (Å²) in [6.07, 6.45) is 0. The van der Waals surface area contributed by atoms with Crippen LogP contribution in [0, 0.1) is 12.7 Å². The second-order valence-corrected chi connectivity index (χ2v) is 6.13. The van der Waals surface area contributed by atoms with E-state index in [1.165, 1.54) is 17.4 Å². The molecule has 0 aliphatic heterocycles. The third kappa shape index (κ3) is 3.39. The Labute approximate surface area is 126 Å². The highest BCUT2D eigenvalue weighted by Gasteiger charge is 2.18. The van der Waals surface area contributed by atoms with Crippen molar-refractivity contribution in [3.63, 3.8) is 0 Å². The minimum Gasteiger partial charge on any atom is -0.352 e. The zero-order valence-corrected chi connectivity index (χ0v) is 12.9. The first-order valence-corrected chi connectivity index (χ1v) is 7.47. The van der Waals surface area contributed by atoms with Crippen LogP contribution in [0.15, 0.2) is 18.2 Å².